The van der Waals surface area contributed by atoms with Crippen LogP contribution >= 0.6 is 11.6 Å². The third kappa shape index (κ3) is 3.70. The lowest BCUT2D eigenvalue weighted by atomic mass is 10.1. The molecular formula is C20H17ClN2O5. The Labute approximate surface area is 166 Å². The van der Waals surface area contributed by atoms with Crippen LogP contribution in [-0.4, -0.2) is 31.6 Å². The van der Waals surface area contributed by atoms with E-state index in [4.69, 9.17) is 21.1 Å². The van der Waals surface area contributed by atoms with Gasteiger partial charge in [0, 0.05) is 11.6 Å². The highest BCUT2D eigenvalue weighted by atomic mass is 35.5. The van der Waals surface area contributed by atoms with Crippen LogP contribution in [0.4, 0.5) is 10.5 Å². The topological polar surface area (TPSA) is 84.9 Å². The van der Waals surface area contributed by atoms with E-state index in [0.717, 1.165) is 4.90 Å². The zero-order chi connectivity index (χ0) is 20.3. The minimum absolute atomic E-state index is 0.185. The van der Waals surface area contributed by atoms with E-state index in [1.807, 2.05) is 6.92 Å². The van der Waals surface area contributed by atoms with Gasteiger partial charge in [-0.25, -0.2) is 9.69 Å². The maximum Gasteiger partial charge on any atom is 0.335 e. The number of hydrogen-bond acceptors (Lipinski definition) is 5. The lowest BCUT2D eigenvalue weighted by Crippen LogP contribution is -2.54. The van der Waals surface area contributed by atoms with Crippen molar-refractivity contribution >= 4 is 41.2 Å². The molecule has 0 atom stereocenters. The second kappa shape index (κ2) is 8.14. The molecule has 28 heavy (non-hydrogen) atoms. The van der Waals surface area contributed by atoms with E-state index in [1.54, 1.807) is 36.4 Å². The van der Waals surface area contributed by atoms with Gasteiger partial charge in [-0.2, -0.15) is 0 Å². The van der Waals surface area contributed by atoms with Crippen molar-refractivity contribution in [3.63, 3.8) is 0 Å². The van der Waals surface area contributed by atoms with Crippen molar-refractivity contribution in [1.29, 1.82) is 0 Å². The normalized spacial score (nSPS) is 15.6. The average molecular weight is 401 g/mol. The standard InChI is InChI=1S/C20H17ClN2O5/c1-3-28-17-11-13(27-2)9-8-12(17)10-14-18(24)22-20(26)23(19(14)25)16-7-5-4-6-15(16)21/h4-11H,3H2,1-2H3,(H,22,24,26)/b14-10+. The van der Waals surface area contributed by atoms with Gasteiger partial charge in [0.2, 0.25) is 0 Å². The third-order valence-electron chi connectivity index (χ3n) is 4.02. The Morgan fingerprint density at radius 3 is 2.57 bits per heavy atom. The summed E-state index contributed by atoms with van der Waals surface area (Å²) in [6, 6.07) is 10.5. The molecule has 0 spiro atoms. The number of rotatable bonds is 5. The Hall–Kier alpha value is -3.32. The third-order valence-corrected chi connectivity index (χ3v) is 4.34. The molecular weight excluding hydrogens is 384 g/mol. The predicted octanol–water partition coefficient (Wildman–Crippen LogP) is 3.41. The van der Waals surface area contributed by atoms with Crippen LogP contribution in [0.2, 0.25) is 5.02 Å². The zero-order valence-corrected chi connectivity index (χ0v) is 15.9. The van der Waals surface area contributed by atoms with Gasteiger partial charge in [-0.05, 0) is 37.3 Å². The van der Waals surface area contributed by atoms with Crippen LogP contribution in [0.3, 0.4) is 0 Å². The number of nitrogens with one attached hydrogen (secondary N) is 1. The molecule has 1 saturated heterocycles. The van der Waals surface area contributed by atoms with E-state index in [1.165, 1.54) is 19.3 Å². The maximum absolute atomic E-state index is 12.9. The molecule has 1 N–H and O–H groups in total. The SMILES string of the molecule is CCOc1cc(OC)ccc1/C=C1\C(=O)NC(=O)N(c2ccccc2Cl)C1=O. The number of carbonyl (C=O) groups is 3. The molecule has 1 fully saturated rings. The Bertz CT molecular complexity index is 986. The molecule has 1 aliphatic heterocycles. The molecule has 3 rings (SSSR count). The largest absolute Gasteiger partial charge is 0.497 e. The molecule has 0 saturated carbocycles. The second-order valence-corrected chi connectivity index (χ2v) is 6.15. The van der Waals surface area contributed by atoms with Crippen LogP contribution < -0.4 is 19.7 Å². The molecule has 0 unspecified atom stereocenters. The molecule has 1 aliphatic rings. The van der Waals surface area contributed by atoms with Crippen LogP contribution in [0.25, 0.3) is 6.08 Å². The Balaban J connectivity index is 2.06. The zero-order valence-electron chi connectivity index (χ0n) is 15.2. The molecule has 0 bridgehead atoms. The predicted molar refractivity (Wildman–Crippen MR) is 105 cm³/mol. The fourth-order valence-electron chi connectivity index (χ4n) is 2.71. The first-order valence-corrected chi connectivity index (χ1v) is 8.81. The van der Waals surface area contributed by atoms with Crippen LogP contribution in [0, 0.1) is 0 Å². The number of anilines is 1. The van der Waals surface area contributed by atoms with E-state index in [-0.39, 0.29) is 16.3 Å². The van der Waals surface area contributed by atoms with Gasteiger partial charge in [-0.3, -0.25) is 14.9 Å². The number of carbonyl (C=O) groups excluding carboxylic acids is 3. The van der Waals surface area contributed by atoms with Gasteiger partial charge in [-0.15, -0.1) is 0 Å². The number of urea groups is 1. The fraction of sp³-hybridized carbons (Fsp3) is 0.150. The average Bonchev–Trinajstić information content (AvgIpc) is 2.67. The summed E-state index contributed by atoms with van der Waals surface area (Å²) in [5, 5.41) is 2.37. The summed E-state index contributed by atoms with van der Waals surface area (Å²) in [5.74, 6) is -0.564. The van der Waals surface area contributed by atoms with E-state index >= 15 is 0 Å². The molecule has 7 nitrogen and oxygen atoms in total. The summed E-state index contributed by atoms with van der Waals surface area (Å²) in [6.07, 6.45) is 1.37. The molecule has 8 heteroatoms. The Morgan fingerprint density at radius 2 is 1.89 bits per heavy atom. The minimum Gasteiger partial charge on any atom is -0.497 e. The number of hydrogen-bond donors (Lipinski definition) is 1. The van der Waals surface area contributed by atoms with Gasteiger partial charge in [-0.1, -0.05) is 23.7 Å². The van der Waals surface area contributed by atoms with Crippen LogP contribution in [-0.2, 0) is 9.59 Å². The van der Waals surface area contributed by atoms with Gasteiger partial charge in [0.05, 0.1) is 24.4 Å². The van der Waals surface area contributed by atoms with Gasteiger partial charge in [0.15, 0.2) is 0 Å². The highest BCUT2D eigenvalue weighted by Crippen LogP contribution is 2.31. The van der Waals surface area contributed by atoms with Crippen molar-refractivity contribution in [2.24, 2.45) is 0 Å². The number of imide groups is 2. The van der Waals surface area contributed by atoms with E-state index in [0.29, 0.717) is 23.7 Å². The lowest BCUT2D eigenvalue weighted by Gasteiger charge is -2.27. The van der Waals surface area contributed by atoms with Gasteiger partial charge < -0.3 is 9.47 Å². The molecule has 1 heterocycles. The Morgan fingerprint density at radius 1 is 1.14 bits per heavy atom. The molecule has 2 aromatic carbocycles. The molecule has 0 aliphatic carbocycles. The molecule has 0 aromatic heterocycles. The number of para-hydroxylation sites is 1. The number of barbiturate groups is 1. The number of halogens is 1. The first-order valence-electron chi connectivity index (χ1n) is 8.43. The van der Waals surface area contributed by atoms with Crippen LogP contribution in [0.1, 0.15) is 12.5 Å². The summed E-state index contributed by atoms with van der Waals surface area (Å²) >= 11 is 6.12. The summed E-state index contributed by atoms with van der Waals surface area (Å²) in [5.41, 5.74) is 0.463. The quantitative estimate of drug-likeness (QED) is 0.614. The number of ether oxygens (including phenoxy) is 2. The highest BCUT2D eigenvalue weighted by Gasteiger charge is 2.37. The maximum atomic E-state index is 12.9. The molecule has 2 aromatic rings. The van der Waals surface area contributed by atoms with Crippen molar-refractivity contribution in [2.75, 3.05) is 18.6 Å². The summed E-state index contributed by atoms with van der Waals surface area (Å²) < 4.78 is 10.8. The fourth-order valence-corrected chi connectivity index (χ4v) is 2.93. The van der Waals surface area contributed by atoms with E-state index in [2.05, 4.69) is 5.32 Å². The van der Waals surface area contributed by atoms with Gasteiger partial charge >= 0.3 is 6.03 Å². The molecule has 144 valence electrons. The summed E-state index contributed by atoms with van der Waals surface area (Å²) in [4.78, 5) is 38.4. The molecule has 0 radical (unpaired) electrons. The molecule has 4 amide bonds. The second-order valence-electron chi connectivity index (χ2n) is 5.75. The van der Waals surface area contributed by atoms with Crippen molar-refractivity contribution in [3.8, 4) is 11.5 Å². The van der Waals surface area contributed by atoms with Crippen molar-refractivity contribution in [3.05, 3.63) is 58.6 Å². The number of amides is 4. The monoisotopic (exact) mass is 400 g/mol. The number of nitrogens with zero attached hydrogens (tertiary/aromatic N) is 1. The highest BCUT2D eigenvalue weighted by molar-refractivity contribution is 6.42. The summed E-state index contributed by atoms with van der Waals surface area (Å²) in [6.45, 7) is 2.19. The smallest absolute Gasteiger partial charge is 0.335 e. The first kappa shape index (κ1) is 19.4. The number of methoxy groups -OCH3 is 1. The first-order chi connectivity index (χ1) is 13.5. The van der Waals surface area contributed by atoms with E-state index in [9.17, 15) is 14.4 Å². The van der Waals surface area contributed by atoms with Gasteiger partial charge in [0.1, 0.15) is 17.1 Å². The summed E-state index contributed by atoms with van der Waals surface area (Å²) in [7, 11) is 1.52. The van der Waals surface area contributed by atoms with Gasteiger partial charge in [0.25, 0.3) is 11.8 Å². The minimum atomic E-state index is -0.861. The van der Waals surface area contributed by atoms with Crippen LogP contribution in [0.5, 0.6) is 11.5 Å². The van der Waals surface area contributed by atoms with Crippen molar-refractivity contribution < 1.29 is 23.9 Å². The van der Waals surface area contributed by atoms with Crippen molar-refractivity contribution in [2.45, 2.75) is 6.92 Å². The van der Waals surface area contributed by atoms with Crippen molar-refractivity contribution in [1.82, 2.24) is 5.32 Å². The Kier molecular flexibility index (Phi) is 5.65. The van der Waals surface area contributed by atoms with Crippen LogP contribution in [0.15, 0.2) is 48.0 Å². The lowest BCUT2D eigenvalue weighted by molar-refractivity contribution is -0.122. The van der Waals surface area contributed by atoms with E-state index < -0.39 is 17.8 Å². The number of benzene rings is 2.